The van der Waals surface area contributed by atoms with Crippen molar-refractivity contribution in [1.29, 1.82) is 0 Å². The molecule has 2 heterocycles. The van der Waals surface area contributed by atoms with Crippen LogP contribution in [0.25, 0.3) is 10.9 Å². The second-order valence-corrected chi connectivity index (χ2v) is 10.1. The van der Waals surface area contributed by atoms with Crippen LogP contribution in [0.5, 0.6) is 5.75 Å². The number of hydrogen-bond donors (Lipinski definition) is 3. The number of H-pyrrole nitrogens is 1. The predicted molar refractivity (Wildman–Crippen MR) is 139 cm³/mol. The summed E-state index contributed by atoms with van der Waals surface area (Å²) in [4.78, 5) is 19.9. The van der Waals surface area contributed by atoms with Crippen molar-refractivity contribution in [3.8, 4) is 5.75 Å². The molecule has 0 radical (unpaired) electrons. The molecule has 0 unspecified atom stereocenters. The molecular weight excluding hydrogens is 534 g/mol. The van der Waals surface area contributed by atoms with Crippen LogP contribution in [0, 0.1) is 5.82 Å². The van der Waals surface area contributed by atoms with Crippen LogP contribution in [0.3, 0.4) is 0 Å². The molecule has 3 aromatic rings. The first-order valence-electron chi connectivity index (χ1n) is 11.5. The van der Waals surface area contributed by atoms with Crippen molar-refractivity contribution in [2.24, 2.45) is 0 Å². The van der Waals surface area contributed by atoms with Crippen LogP contribution in [-0.2, 0) is 5.75 Å². The molecule has 3 N–H and O–H groups in total. The molecule has 0 spiro atoms. The Bertz CT molecular complexity index is 1250. The number of fused-ring (bicyclic) bond motifs is 1. The first-order chi connectivity index (χ1) is 17.6. The molecule has 13 heteroatoms. The minimum atomic E-state index is -4.51. The van der Waals surface area contributed by atoms with Gasteiger partial charge in [0.25, 0.3) is 0 Å². The van der Waals surface area contributed by atoms with E-state index in [1.165, 1.54) is 6.07 Å². The number of benzene rings is 2. The lowest BCUT2D eigenvalue weighted by Crippen LogP contribution is -2.45. The van der Waals surface area contributed by atoms with Crippen LogP contribution in [0.15, 0.2) is 36.5 Å². The number of ether oxygens (including phenoxy) is 1. The molecule has 0 atom stereocenters. The summed E-state index contributed by atoms with van der Waals surface area (Å²) in [5.74, 6) is -1.67. The third-order valence-electron chi connectivity index (χ3n) is 5.91. The molecule has 0 saturated carbocycles. The van der Waals surface area contributed by atoms with E-state index in [1.807, 2.05) is 7.05 Å². The quantitative estimate of drug-likeness (QED) is 0.296. The highest BCUT2D eigenvalue weighted by Crippen LogP contribution is 2.37. The van der Waals surface area contributed by atoms with Gasteiger partial charge in [-0.1, -0.05) is 11.6 Å². The van der Waals surface area contributed by atoms with E-state index in [0.29, 0.717) is 22.6 Å². The number of nitrogens with one attached hydrogen (secondary N) is 3. The van der Waals surface area contributed by atoms with Gasteiger partial charge in [0.2, 0.25) is 0 Å². The molecule has 37 heavy (non-hydrogen) atoms. The van der Waals surface area contributed by atoms with Gasteiger partial charge in [0.1, 0.15) is 6.61 Å². The molecule has 4 rings (SSSR count). The highest BCUT2D eigenvalue weighted by molar-refractivity contribution is 7.99. The average molecular weight is 560 g/mol. The third kappa shape index (κ3) is 7.67. The molecule has 200 valence electrons. The number of alkyl halides is 3. The summed E-state index contributed by atoms with van der Waals surface area (Å²) in [7, 11) is 2.03. The second-order valence-electron chi connectivity index (χ2n) is 8.65. The van der Waals surface area contributed by atoms with E-state index in [4.69, 9.17) is 16.3 Å². The number of anilines is 2. The number of carbonyl (C=O) groups excluding carboxylic acids is 1. The van der Waals surface area contributed by atoms with Crippen molar-refractivity contribution in [2.45, 2.75) is 11.3 Å². The van der Waals surface area contributed by atoms with E-state index >= 15 is 4.39 Å². The normalized spacial score (nSPS) is 15.2. The summed E-state index contributed by atoms with van der Waals surface area (Å²) in [6, 6.07) is 6.74. The number of piperazine rings is 1. The summed E-state index contributed by atoms with van der Waals surface area (Å²) >= 11 is 5.73. The lowest BCUT2D eigenvalue weighted by Gasteiger charge is -2.32. The van der Waals surface area contributed by atoms with Crippen molar-refractivity contribution < 1.29 is 27.1 Å². The van der Waals surface area contributed by atoms with E-state index < -0.39 is 23.1 Å². The minimum absolute atomic E-state index is 0.00272. The number of amides is 2. The number of aromatic amines is 1. The van der Waals surface area contributed by atoms with Gasteiger partial charge in [-0.05, 0) is 43.1 Å². The summed E-state index contributed by atoms with van der Waals surface area (Å²) < 4.78 is 59.3. The molecule has 7 nitrogen and oxygen atoms in total. The number of hydrogen-bond acceptors (Lipinski definition) is 5. The van der Waals surface area contributed by atoms with Crippen molar-refractivity contribution in [2.75, 3.05) is 57.0 Å². The van der Waals surface area contributed by atoms with Crippen LogP contribution >= 0.6 is 23.4 Å². The molecular formula is C24H26ClF4N5O2S. The Kier molecular flexibility index (Phi) is 8.73. The zero-order valence-corrected chi connectivity index (χ0v) is 21.5. The Labute approximate surface area is 220 Å². The van der Waals surface area contributed by atoms with Crippen molar-refractivity contribution in [1.82, 2.24) is 14.8 Å². The molecule has 0 bridgehead atoms. The highest BCUT2D eigenvalue weighted by atomic mass is 35.5. The number of aromatic nitrogens is 1. The van der Waals surface area contributed by atoms with Crippen LogP contribution < -0.4 is 15.4 Å². The number of halogens is 5. The standard InChI is InChI=1S/C24H26ClF4N5O2S/c1-33-4-6-34(7-5-33)8-9-36-22-15(14-37-24(27,28)29)10-17(12-19(22)26)31-23(35)32-21-13-30-20-3-2-16(25)11-18(20)21/h2-3,10-13,30H,4-9,14H2,1H3,(H2,31,32,35). The van der Waals surface area contributed by atoms with E-state index in [1.54, 1.807) is 24.4 Å². The maximum Gasteiger partial charge on any atom is 0.442 e. The maximum absolute atomic E-state index is 15.0. The van der Waals surface area contributed by atoms with Gasteiger partial charge in [-0.2, -0.15) is 13.2 Å². The van der Waals surface area contributed by atoms with Gasteiger partial charge < -0.3 is 25.3 Å². The lowest BCUT2D eigenvalue weighted by molar-refractivity contribution is -0.0329. The van der Waals surface area contributed by atoms with Gasteiger partial charge >= 0.3 is 11.5 Å². The summed E-state index contributed by atoms with van der Waals surface area (Å²) in [6.45, 7) is 4.11. The SMILES string of the molecule is CN1CCN(CCOc2c(F)cc(NC(=O)Nc3c[nH]c4ccc(Cl)cc34)cc2CSC(F)(F)F)CC1. The summed E-state index contributed by atoms with van der Waals surface area (Å²) in [6.07, 6.45) is 1.57. The van der Waals surface area contributed by atoms with Crippen LogP contribution in [0.1, 0.15) is 5.56 Å². The van der Waals surface area contributed by atoms with Crippen molar-refractivity contribution in [3.63, 3.8) is 0 Å². The van der Waals surface area contributed by atoms with Gasteiger partial charge in [-0.25, -0.2) is 9.18 Å². The molecule has 1 aromatic heterocycles. The molecule has 1 saturated heterocycles. The Hall–Kier alpha value is -2.67. The average Bonchev–Trinajstić information content (AvgIpc) is 3.21. The number of carbonyl (C=O) groups is 1. The Morgan fingerprint density at radius 2 is 1.92 bits per heavy atom. The number of nitrogens with zero attached hydrogens (tertiary/aromatic N) is 2. The van der Waals surface area contributed by atoms with Gasteiger partial charge in [-0.15, -0.1) is 0 Å². The van der Waals surface area contributed by atoms with Gasteiger partial charge in [0.15, 0.2) is 11.6 Å². The third-order valence-corrected chi connectivity index (χ3v) is 6.93. The summed E-state index contributed by atoms with van der Waals surface area (Å²) in [5.41, 5.74) is -3.33. The number of likely N-dealkylation sites (N-methyl/N-ethyl adjacent to an activating group) is 1. The molecule has 2 aromatic carbocycles. The van der Waals surface area contributed by atoms with Crippen LogP contribution in [-0.4, -0.2) is 72.7 Å². The van der Waals surface area contributed by atoms with E-state index in [-0.39, 0.29) is 35.4 Å². The van der Waals surface area contributed by atoms with Gasteiger partial charge in [0.05, 0.1) is 5.69 Å². The first-order valence-corrected chi connectivity index (χ1v) is 12.9. The van der Waals surface area contributed by atoms with Crippen LogP contribution in [0.2, 0.25) is 5.02 Å². The highest BCUT2D eigenvalue weighted by Gasteiger charge is 2.29. The first kappa shape index (κ1) is 27.4. The van der Waals surface area contributed by atoms with Crippen molar-refractivity contribution >= 4 is 51.7 Å². The molecule has 1 aliphatic rings. The zero-order chi connectivity index (χ0) is 26.6. The Morgan fingerprint density at radius 1 is 1.16 bits per heavy atom. The molecule has 0 aliphatic carbocycles. The lowest BCUT2D eigenvalue weighted by atomic mass is 10.2. The zero-order valence-electron chi connectivity index (χ0n) is 19.9. The Balaban J connectivity index is 1.45. The van der Waals surface area contributed by atoms with Crippen molar-refractivity contribution in [3.05, 3.63) is 52.9 Å². The topological polar surface area (TPSA) is 72.6 Å². The number of thioether (sulfide) groups is 1. The molecule has 2 amide bonds. The number of urea groups is 1. The van der Waals surface area contributed by atoms with E-state index in [0.717, 1.165) is 37.8 Å². The fourth-order valence-electron chi connectivity index (χ4n) is 3.98. The second kappa shape index (κ2) is 11.8. The fourth-order valence-corrected chi connectivity index (χ4v) is 4.69. The van der Waals surface area contributed by atoms with E-state index in [2.05, 4.69) is 25.4 Å². The van der Waals surface area contributed by atoms with E-state index in [9.17, 15) is 18.0 Å². The van der Waals surface area contributed by atoms with Crippen LogP contribution in [0.4, 0.5) is 33.7 Å². The predicted octanol–water partition coefficient (Wildman–Crippen LogP) is 5.98. The van der Waals surface area contributed by atoms with Gasteiger partial charge in [0, 0.05) is 77.9 Å². The molecule has 1 fully saturated rings. The monoisotopic (exact) mass is 559 g/mol. The smallest absolute Gasteiger partial charge is 0.442 e. The summed E-state index contributed by atoms with van der Waals surface area (Å²) in [5, 5.41) is 6.26. The molecule has 1 aliphatic heterocycles. The largest absolute Gasteiger partial charge is 0.489 e. The van der Waals surface area contributed by atoms with Gasteiger partial charge in [-0.3, -0.25) is 4.90 Å². The Morgan fingerprint density at radius 3 is 2.65 bits per heavy atom. The minimum Gasteiger partial charge on any atom is -0.489 e. The maximum atomic E-state index is 15.0. The number of rotatable bonds is 8. The fraction of sp³-hybridized carbons (Fsp3) is 0.375.